The number of halogens is 1. The van der Waals surface area contributed by atoms with Crippen LogP contribution in [0.25, 0.3) is 0 Å². The summed E-state index contributed by atoms with van der Waals surface area (Å²) in [5.41, 5.74) is 2.97. The minimum atomic E-state index is -0.543. The molecule has 0 amide bonds. The summed E-state index contributed by atoms with van der Waals surface area (Å²) in [4.78, 5) is 0. The SMILES string of the molecule is N#CC1(Nc2cccc(Cl)c2)CCc2ccccc2C1. The Morgan fingerprint density at radius 2 is 1.90 bits per heavy atom. The van der Waals surface area contributed by atoms with Crippen LogP contribution >= 0.6 is 11.6 Å². The highest BCUT2D eigenvalue weighted by atomic mass is 35.5. The summed E-state index contributed by atoms with van der Waals surface area (Å²) in [5, 5.41) is 13.7. The Kier molecular flexibility index (Phi) is 3.38. The number of nitriles is 1. The number of aryl methyl sites for hydroxylation is 1. The van der Waals surface area contributed by atoms with E-state index in [-0.39, 0.29) is 0 Å². The molecule has 0 heterocycles. The molecule has 1 atom stereocenters. The summed E-state index contributed by atoms with van der Waals surface area (Å²) in [6, 6.07) is 18.4. The van der Waals surface area contributed by atoms with Crippen molar-refractivity contribution < 1.29 is 0 Å². The first-order chi connectivity index (χ1) is 9.71. The van der Waals surface area contributed by atoms with Gasteiger partial charge in [-0.05, 0) is 42.2 Å². The zero-order valence-corrected chi connectivity index (χ0v) is 11.8. The van der Waals surface area contributed by atoms with Crippen LogP contribution in [0.5, 0.6) is 0 Å². The summed E-state index contributed by atoms with van der Waals surface area (Å²) in [6.45, 7) is 0. The van der Waals surface area contributed by atoms with Crippen molar-refractivity contribution in [2.45, 2.75) is 24.8 Å². The Bertz CT molecular complexity index is 675. The Morgan fingerprint density at radius 1 is 1.10 bits per heavy atom. The van der Waals surface area contributed by atoms with E-state index in [1.807, 2.05) is 30.3 Å². The van der Waals surface area contributed by atoms with Gasteiger partial charge >= 0.3 is 0 Å². The molecule has 0 aromatic heterocycles. The lowest BCUT2D eigenvalue weighted by Crippen LogP contribution is -2.42. The lowest BCUT2D eigenvalue weighted by molar-refractivity contribution is 0.507. The number of nitrogens with zero attached hydrogens (tertiary/aromatic N) is 1. The molecule has 0 fully saturated rings. The molecule has 0 bridgehead atoms. The van der Waals surface area contributed by atoms with Crippen molar-refractivity contribution in [2.24, 2.45) is 0 Å². The smallest absolute Gasteiger partial charge is 0.129 e. The number of rotatable bonds is 2. The molecule has 2 aromatic rings. The van der Waals surface area contributed by atoms with Crippen molar-refractivity contribution in [2.75, 3.05) is 5.32 Å². The summed E-state index contributed by atoms with van der Waals surface area (Å²) in [6.07, 6.45) is 2.47. The zero-order chi connectivity index (χ0) is 14.0. The third kappa shape index (κ3) is 2.50. The van der Waals surface area contributed by atoms with Crippen LogP contribution in [0.2, 0.25) is 5.02 Å². The molecule has 2 nitrogen and oxygen atoms in total. The minimum absolute atomic E-state index is 0.543. The van der Waals surface area contributed by atoms with E-state index in [1.54, 1.807) is 0 Å². The second-order valence-corrected chi connectivity index (χ2v) is 5.71. The van der Waals surface area contributed by atoms with Crippen LogP contribution < -0.4 is 5.32 Å². The van der Waals surface area contributed by atoms with E-state index in [2.05, 4.69) is 29.6 Å². The van der Waals surface area contributed by atoms with Crippen LogP contribution in [0.15, 0.2) is 48.5 Å². The topological polar surface area (TPSA) is 35.8 Å². The van der Waals surface area contributed by atoms with Crippen LogP contribution in [0.3, 0.4) is 0 Å². The van der Waals surface area contributed by atoms with Crippen LogP contribution in [0.4, 0.5) is 5.69 Å². The third-order valence-electron chi connectivity index (χ3n) is 3.85. The molecule has 3 heteroatoms. The van der Waals surface area contributed by atoms with Crippen molar-refractivity contribution >= 4 is 17.3 Å². The summed E-state index contributed by atoms with van der Waals surface area (Å²) < 4.78 is 0. The highest BCUT2D eigenvalue weighted by Crippen LogP contribution is 2.31. The highest BCUT2D eigenvalue weighted by molar-refractivity contribution is 6.30. The van der Waals surface area contributed by atoms with E-state index in [0.29, 0.717) is 5.02 Å². The Labute approximate surface area is 124 Å². The van der Waals surface area contributed by atoms with Gasteiger partial charge in [-0.3, -0.25) is 0 Å². The number of fused-ring (bicyclic) bond motifs is 1. The lowest BCUT2D eigenvalue weighted by Gasteiger charge is -2.34. The Hall–Kier alpha value is -1.98. The molecule has 0 aliphatic heterocycles. The molecule has 1 N–H and O–H groups in total. The van der Waals surface area contributed by atoms with Gasteiger partial charge < -0.3 is 5.32 Å². The molecule has 1 aliphatic rings. The van der Waals surface area contributed by atoms with Gasteiger partial charge in [-0.25, -0.2) is 0 Å². The molecule has 2 aromatic carbocycles. The van der Waals surface area contributed by atoms with Crippen molar-refractivity contribution in [1.29, 1.82) is 5.26 Å². The second-order valence-electron chi connectivity index (χ2n) is 5.27. The Balaban J connectivity index is 1.89. The monoisotopic (exact) mass is 282 g/mol. The Morgan fingerprint density at radius 3 is 2.65 bits per heavy atom. The van der Waals surface area contributed by atoms with Crippen molar-refractivity contribution in [3.63, 3.8) is 0 Å². The summed E-state index contributed by atoms with van der Waals surface area (Å²) in [7, 11) is 0. The van der Waals surface area contributed by atoms with Crippen molar-refractivity contribution in [3.05, 3.63) is 64.7 Å². The molecular weight excluding hydrogens is 268 g/mol. The highest BCUT2D eigenvalue weighted by Gasteiger charge is 2.34. The molecule has 0 radical (unpaired) electrons. The largest absolute Gasteiger partial charge is 0.367 e. The average molecular weight is 283 g/mol. The number of benzene rings is 2. The minimum Gasteiger partial charge on any atom is -0.367 e. The van der Waals surface area contributed by atoms with E-state index in [0.717, 1.165) is 24.9 Å². The molecule has 3 rings (SSSR count). The van der Waals surface area contributed by atoms with Gasteiger partial charge in [0.25, 0.3) is 0 Å². The van der Waals surface area contributed by atoms with Gasteiger partial charge in [0.1, 0.15) is 5.54 Å². The molecule has 100 valence electrons. The lowest BCUT2D eigenvalue weighted by atomic mass is 9.78. The second kappa shape index (κ2) is 5.19. The number of hydrogen-bond acceptors (Lipinski definition) is 2. The summed E-state index contributed by atoms with van der Waals surface area (Å²) >= 11 is 6.01. The molecule has 1 unspecified atom stereocenters. The van der Waals surface area contributed by atoms with Crippen LogP contribution in [0, 0.1) is 11.3 Å². The van der Waals surface area contributed by atoms with Crippen LogP contribution in [0.1, 0.15) is 17.5 Å². The van der Waals surface area contributed by atoms with Gasteiger partial charge in [-0.15, -0.1) is 0 Å². The summed E-state index contributed by atoms with van der Waals surface area (Å²) in [5.74, 6) is 0. The molecule has 0 spiro atoms. The van der Waals surface area contributed by atoms with Gasteiger partial charge in [-0.2, -0.15) is 5.26 Å². The first kappa shape index (κ1) is 13.0. The molecule has 1 aliphatic carbocycles. The number of nitrogens with one attached hydrogen (secondary N) is 1. The van der Waals surface area contributed by atoms with Gasteiger partial charge in [0.2, 0.25) is 0 Å². The first-order valence-corrected chi connectivity index (χ1v) is 7.10. The number of hydrogen-bond donors (Lipinski definition) is 1. The normalized spacial score (nSPS) is 20.8. The molecule has 20 heavy (non-hydrogen) atoms. The zero-order valence-electron chi connectivity index (χ0n) is 11.1. The molecule has 0 saturated carbocycles. The van der Waals surface area contributed by atoms with Crippen LogP contribution in [-0.2, 0) is 12.8 Å². The third-order valence-corrected chi connectivity index (χ3v) is 4.09. The fraction of sp³-hybridized carbons (Fsp3) is 0.235. The molecular formula is C17H15ClN2. The number of anilines is 1. The van der Waals surface area contributed by atoms with E-state index >= 15 is 0 Å². The van der Waals surface area contributed by atoms with Crippen molar-refractivity contribution in [1.82, 2.24) is 0 Å². The maximum Gasteiger partial charge on any atom is 0.129 e. The van der Waals surface area contributed by atoms with E-state index < -0.39 is 5.54 Å². The van der Waals surface area contributed by atoms with Gasteiger partial charge in [0, 0.05) is 17.1 Å². The quantitative estimate of drug-likeness (QED) is 0.896. The molecule has 0 saturated heterocycles. The maximum atomic E-state index is 9.65. The van der Waals surface area contributed by atoms with Gasteiger partial charge in [0.15, 0.2) is 0 Å². The fourth-order valence-corrected chi connectivity index (χ4v) is 3.00. The van der Waals surface area contributed by atoms with Crippen LogP contribution in [-0.4, -0.2) is 5.54 Å². The fourth-order valence-electron chi connectivity index (χ4n) is 2.81. The van der Waals surface area contributed by atoms with Crippen molar-refractivity contribution in [3.8, 4) is 6.07 Å². The van der Waals surface area contributed by atoms with E-state index in [1.165, 1.54) is 11.1 Å². The van der Waals surface area contributed by atoms with Gasteiger partial charge in [0.05, 0.1) is 6.07 Å². The standard InChI is InChI=1S/C17H15ClN2/c18-15-6-3-7-16(10-15)20-17(12-19)9-8-13-4-1-2-5-14(13)11-17/h1-7,10,20H,8-9,11H2. The predicted octanol–water partition coefficient (Wildman–Crippen LogP) is 4.20. The van der Waals surface area contributed by atoms with Gasteiger partial charge in [-0.1, -0.05) is 41.9 Å². The first-order valence-electron chi connectivity index (χ1n) is 6.73. The van der Waals surface area contributed by atoms with E-state index in [9.17, 15) is 5.26 Å². The predicted molar refractivity (Wildman–Crippen MR) is 81.9 cm³/mol. The van der Waals surface area contributed by atoms with E-state index in [4.69, 9.17) is 11.6 Å². The average Bonchev–Trinajstić information content (AvgIpc) is 2.47. The maximum absolute atomic E-state index is 9.65.